The molecule has 1 aromatic heterocycles. The highest BCUT2D eigenvalue weighted by Gasteiger charge is 2.14. The molecular weight excluding hydrogens is 436 g/mol. The minimum Gasteiger partial charge on any atom is -0.326 e. The van der Waals surface area contributed by atoms with Crippen molar-refractivity contribution in [3.8, 4) is 0 Å². The maximum atomic E-state index is 11.6. The maximum Gasteiger partial charge on any atom is 0.238 e. The summed E-state index contributed by atoms with van der Waals surface area (Å²) in [5.41, 5.74) is 3.88. The summed E-state index contributed by atoms with van der Waals surface area (Å²) in [6.07, 6.45) is 0.794. The van der Waals surface area contributed by atoms with E-state index in [9.17, 15) is 13.2 Å². The lowest BCUT2D eigenvalue weighted by atomic mass is 10.0. The molecule has 5 rings (SSSR count). The Hall–Kier alpha value is -4.01. The summed E-state index contributed by atoms with van der Waals surface area (Å²) in [5, 5.41) is 10.8. The zero-order valence-corrected chi connectivity index (χ0v) is 18.3. The van der Waals surface area contributed by atoms with Gasteiger partial charge >= 0.3 is 0 Å². The lowest BCUT2D eigenvalue weighted by molar-refractivity contribution is 0.112. The molecule has 164 valence electrons. The van der Waals surface area contributed by atoms with Crippen LogP contribution >= 0.6 is 0 Å². The van der Waals surface area contributed by atoms with Crippen LogP contribution in [0.2, 0.25) is 0 Å². The van der Waals surface area contributed by atoms with Gasteiger partial charge in [0.05, 0.1) is 22.5 Å². The van der Waals surface area contributed by atoms with Crippen LogP contribution < -0.4 is 10.5 Å². The van der Waals surface area contributed by atoms with Crippen LogP contribution in [0.4, 0.5) is 11.6 Å². The quantitative estimate of drug-likeness (QED) is 0.367. The number of anilines is 2. The molecule has 0 saturated heterocycles. The largest absolute Gasteiger partial charge is 0.326 e. The van der Waals surface area contributed by atoms with E-state index in [1.165, 1.54) is 12.1 Å². The van der Waals surface area contributed by atoms with E-state index in [2.05, 4.69) is 29.6 Å². The van der Waals surface area contributed by atoms with E-state index in [1.807, 2.05) is 28.8 Å². The fourth-order valence-corrected chi connectivity index (χ4v) is 4.45. The molecule has 0 amide bonds. The molecule has 1 heterocycles. The highest BCUT2D eigenvalue weighted by atomic mass is 32.2. The van der Waals surface area contributed by atoms with Crippen LogP contribution in [-0.2, 0) is 16.6 Å². The van der Waals surface area contributed by atoms with Crippen molar-refractivity contribution in [1.29, 1.82) is 0 Å². The van der Waals surface area contributed by atoms with Gasteiger partial charge in [0.25, 0.3) is 0 Å². The molecule has 0 aliphatic heterocycles. The van der Waals surface area contributed by atoms with Gasteiger partial charge in [-0.15, -0.1) is 0 Å². The molecule has 3 N–H and O–H groups in total. The summed E-state index contributed by atoms with van der Waals surface area (Å²) in [6.45, 7) is 0.551. The lowest BCUT2D eigenvalue weighted by Crippen LogP contribution is -2.12. The summed E-state index contributed by atoms with van der Waals surface area (Å²) < 4.78 is 25.2. The van der Waals surface area contributed by atoms with Crippen molar-refractivity contribution in [3.63, 3.8) is 0 Å². The fraction of sp³-hybridized carbons (Fsp3) is 0.0400. The number of imidazole rings is 1. The number of benzene rings is 4. The highest BCUT2D eigenvalue weighted by Crippen LogP contribution is 2.27. The Balaban J connectivity index is 1.60. The molecule has 0 fully saturated rings. The molecule has 0 spiro atoms. The van der Waals surface area contributed by atoms with Gasteiger partial charge in [-0.05, 0) is 58.8 Å². The molecule has 0 radical (unpaired) electrons. The van der Waals surface area contributed by atoms with E-state index in [0.29, 0.717) is 29.3 Å². The van der Waals surface area contributed by atoms with Gasteiger partial charge in [-0.3, -0.25) is 4.79 Å². The van der Waals surface area contributed by atoms with Gasteiger partial charge in [-0.2, -0.15) is 0 Å². The number of hydrogen-bond donors (Lipinski definition) is 2. The van der Waals surface area contributed by atoms with Crippen molar-refractivity contribution in [2.24, 2.45) is 5.14 Å². The van der Waals surface area contributed by atoms with Crippen molar-refractivity contribution in [1.82, 2.24) is 9.55 Å². The van der Waals surface area contributed by atoms with Crippen LogP contribution in [0.3, 0.4) is 0 Å². The molecule has 5 aromatic rings. The fourth-order valence-electron chi connectivity index (χ4n) is 3.93. The molecule has 0 bridgehead atoms. The molecule has 0 aliphatic rings. The van der Waals surface area contributed by atoms with Gasteiger partial charge in [0, 0.05) is 11.3 Å². The second-order valence-corrected chi connectivity index (χ2v) is 9.28. The minimum absolute atomic E-state index is 0.0351. The summed E-state index contributed by atoms with van der Waals surface area (Å²) in [5.74, 6) is 0.573. The number of carbonyl (C=O) groups excluding carboxylic acids is 1. The SMILES string of the molecule is NS(=O)(=O)c1ccc(Nc2nc3cc(C=O)ccc3n2Cc2cccc3ccccc23)cc1. The zero-order chi connectivity index (χ0) is 23.0. The minimum atomic E-state index is -3.77. The van der Waals surface area contributed by atoms with Gasteiger partial charge in [-0.25, -0.2) is 18.5 Å². The third-order valence-electron chi connectivity index (χ3n) is 5.56. The van der Waals surface area contributed by atoms with Crippen LogP contribution in [0.5, 0.6) is 0 Å². The average molecular weight is 457 g/mol. The number of primary sulfonamides is 1. The number of aromatic nitrogens is 2. The van der Waals surface area contributed by atoms with Crippen LogP contribution in [0.1, 0.15) is 15.9 Å². The highest BCUT2D eigenvalue weighted by molar-refractivity contribution is 7.89. The zero-order valence-electron chi connectivity index (χ0n) is 17.5. The van der Waals surface area contributed by atoms with E-state index in [4.69, 9.17) is 10.1 Å². The van der Waals surface area contributed by atoms with E-state index >= 15 is 0 Å². The predicted octanol–water partition coefficient (Wildman–Crippen LogP) is 4.44. The van der Waals surface area contributed by atoms with Gasteiger partial charge in [0.2, 0.25) is 16.0 Å². The number of hydrogen-bond acceptors (Lipinski definition) is 5. The molecule has 33 heavy (non-hydrogen) atoms. The summed E-state index contributed by atoms with van der Waals surface area (Å²) in [7, 11) is -3.77. The standard InChI is InChI=1S/C25H20N4O3S/c26-33(31,32)21-11-9-20(10-12-21)27-25-28-23-14-17(16-30)8-13-24(23)29(25)15-19-6-3-5-18-4-1-2-7-22(18)19/h1-14,16H,15H2,(H,27,28)(H2,26,31,32). The van der Waals surface area contributed by atoms with E-state index in [0.717, 1.165) is 28.1 Å². The maximum absolute atomic E-state index is 11.6. The molecular formula is C25H20N4O3S. The summed E-state index contributed by atoms with van der Waals surface area (Å²) >= 11 is 0. The van der Waals surface area contributed by atoms with Gasteiger partial charge in [0.15, 0.2) is 0 Å². The Morgan fingerprint density at radius 1 is 0.939 bits per heavy atom. The normalized spacial score (nSPS) is 11.7. The Bertz CT molecular complexity index is 1600. The monoisotopic (exact) mass is 456 g/mol. The Kier molecular flexibility index (Phi) is 5.16. The Morgan fingerprint density at radius 2 is 1.70 bits per heavy atom. The number of fused-ring (bicyclic) bond motifs is 2. The molecule has 0 unspecified atom stereocenters. The second kappa shape index (κ2) is 8.16. The molecule has 0 saturated carbocycles. The lowest BCUT2D eigenvalue weighted by Gasteiger charge is -2.13. The van der Waals surface area contributed by atoms with Crippen LogP contribution in [-0.4, -0.2) is 24.3 Å². The first-order chi connectivity index (χ1) is 15.9. The van der Waals surface area contributed by atoms with Crippen molar-refractivity contribution in [2.45, 2.75) is 11.4 Å². The van der Waals surface area contributed by atoms with E-state index < -0.39 is 10.0 Å². The van der Waals surface area contributed by atoms with Crippen molar-refractivity contribution in [2.75, 3.05) is 5.32 Å². The van der Waals surface area contributed by atoms with Gasteiger partial charge < -0.3 is 9.88 Å². The van der Waals surface area contributed by atoms with Crippen LogP contribution in [0.15, 0.2) is 89.8 Å². The molecule has 7 nitrogen and oxygen atoms in total. The average Bonchev–Trinajstić information content (AvgIpc) is 3.15. The predicted molar refractivity (Wildman–Crippen MR) is 129 cm³/mol. The number of sulfonamides is 1. The Morgan fingerprint density at radius 3 is 2.45 bits per heavy atom. The first kappa shape index (κ1) is 20.9. The smallest absolute Gasteiger partial charge is 0.238 e. The molecule has 0 aliphatic carbocycles. The number of aldehydes is 1. The van der Waals surface area contributed by atoms with E-state index in [1.54, 1.807) is 24.3 Å². The number of nitrogens with two attached hydrogens (primary N) is 1. The van der Waals surface area contributed by atoms with E-state index in [-0.39, 0.29) is 4.90 Å². The first-order valence-electron chi connectivity index (χ1n) is 10.2. The third kappa shape index (κ3) is 4.09. The van der Waals surface area contributed by atoms with Gasteiger partial charge in [-0.1, -0.05) is 42.5 Å². The number of carbonyl (C=O) groups is 1. The third-order valence-corrected chi connectivity index (χ3v) is 6.48. The van der Waals surface area contributed by atoms with Crippen molar-refractivity contribution in [3.05, 3.63) is 96.1 Å². The number of nitrogens with zero attached hydrogens (tertiary/aromatic N) is 2. The molecule has 0 atom stereocenters. The summed E-state index contributed by atoms with van der Waals surface area (Å²) in [4.78, 5) is 16.0. The topological polar surface area (TPSA) is 107 Å². The van der Waals surface area contributed by atoms with Crippen LogP contribution in [0.25, 0.3) is 21.8 Å². The van der Waals surface area contributed by atoms with Gasteiger partial charge in [0.1, 0.15) is 6.29 Å². The molecule has 8 heteroatoms. The second-order valence-electron chi connectivity index (χ2n) is 7.72. The molecule has 4 aromatic carbocycles. The first-order valence-corrected chi connectivity index (χ1v) is 11.8. The van der Waals surface area contributed by atoms with Crippen LogP contribution in [0, 0.1) is 0 Å². The van der Waals surface area contributed by atoms with Crippen molar-refractivity contribution < 1.29 is 13.2 Å². The Labute approximate surface area is 190 Å². The van der Waals surface area contributed by atoms with Crippen molar-refractivity contribution >= 4 is 49.8 Å². The summed E-state index contributed by atoms with van der Waals surface area (Å²) in [6, 6.07) is 25.9. The number of nitrogens with one attached hydrogen (secondary N) is 1. The number of rotatable bonds is 6.